The topological polar surface area (TPSA) is 24.9 Å². The highest BCUT2D eigenvalue weighted by atomic mass is 14.9. The first kappa shape index (κ1) is 12.7. The maximum Gasteiger partial charge on any atom is 0.0705 e. The van der Waals surface area contributed by atoms with Crippen LogP contribution in [0.3, 0.4) is 0 Å². The summed E-state index contributed by atoms with van der Waals surface area (Å²) in [5.74, 6) is 0. The summed E-state index contributed by atoms with van der Waals surface area (Å²) >= 11 is 0. The molecule has 100 valence electrons. The molecule has 2 aromatic carbocycles. The Balaban J connectivity index is 1.83. The molecular weight excluding hydrogens is 244 g/mol. The second-order valence-corrected chi connectivity index (χ2v) is 4.89. The van der Waals surface area contributed by atoms with Gasteiger partial charge in [-0.1, -0.05) is 37.3 Å². The predicted octanol–water partition coefficient (Wildman–Crippen LogP) is 4.41. The lowest BCUT2D eigenvalue weighted by molar-refractivity contribution is 1.12. The molecule has 2 heteroatoms. The van der Waals surface area contributed by atoms with E-state index in [-0.39, 0.29) is 0 Å². The van der Waals surface area contributed by atoms with Gasteiger partial charge in [-0.2, -0.15) is 0 Å². The Labute approximate surface area is 119 Å². The molecule has 0 radical (unpaired) electrons. The lowest BCUT2D eigenvalue weighted by atomic mass is 10.1. The summed E-state index contributed by atoms with van der Waals surface area (Å²) in [5.41, 5.74) is 4.85. The zero-order chi connectivity index (χ0) is 13.8. The van der Waals surface area contributed by atoms with Crippen molar-refractivity contribution in [1.82, 2.24) is 4.98 Å². The molecule has 1 aromatic heterocycles. The molecule has 1 heterocycles. The molecule has 0 saturated heterocycles. The minimum absolute atomic E-state index is 0.816. The van der Waals surface area contributed by atoms with Gasteiger partial charge >= 0.3 is 0 Å². The monoisotopic (exact) mass is 262 g/mol. The molecule has 0 aliphatic carbocycles. The fourth-order valence-corrected chi connectivity index (χ4v) is 2.41. The molecule has 2 nitrogen and oxygen atoms in total. The van der Waals surface area contributed by atoms with E-state index in [2.05, 4.69) is 65.8 Å². The van der Waals surface area contributed by atoms with Crippen LogP contribution in [0.15, 0.2) is 60.8 Å². The number of hydrogen-bond acceptors (Lipinski definition) is 2. The van der Waals surface area contributed by atoms with Crippen LogP contribution in [0.1, 0.15) is 18.1 Å². The number of nitrogens with one attached hydrogen (secondary N) is 1. The predicted molar refractivity (Wildman–Crippen MR) is 84.9 cm³/mol. The van der Waals surface area contributed by atoms with Crippen molar-refractivity contribution in [1.29, 1.82) is 0 Å². The number of pyridine rings is 1. The average molecular weight is 262 g/mol. The van der Waals surface area contributed by atoms with Gasteiger partial charge < -0.3 is 5.32 Å². The van der Waals surface area contributed by atoms with Crippen LogP contribution >= 0.6 is 0 Å². The van der Waals surface area contributed by atoms with Gasteiger partial charge in [0.05, 0.1) is 5.52 Å². The first-order chi connectivity index (χ1) is 9.86. The lowest BCUT2D eigenvalue weighted by Gasteiger charge is -2.10. The number of hydrogen-bond donors (Lipinski definition) is 1. The van der Waals surface area contributed by atoms with E-state index in [0.29, 0.717) is 0 Å². The van der Waals surface area contributed by atoms with Crippen molar-refractivity contribution >= 4 is 16.6 Å². The Morgan fingerprint density at radius 2 is 1.90 bits per heavy atom. The van der Waals surface area contributed by atoms with Crippen molar-refractivity contribution in [2.45, 2.75) is 19.9 Å². The van der Waals surface area contributed by atoms with E-state index in [1.54, 1.807) is 0 Å². The van der Waals surface area contributed by atoms with E-state index in [9.17, 15) is 0 Å². The summed E-state index contributed by atoms with van der Waals surface area (Å²) in [6, 6.07) is 18.9. The minimum atomic E-state index is 0.816. The fraction of sp³-hybridized carbons (Fsp3) is 0.167. The van der Waals surface area contributed by atoms with Crippen LogP contribution in [-0.4, -0.2) is 4.98 Å². The summed E-state index contributed by atoms with van der Waals surface area (Å²) < 4.78 is 0. The van der Waals surface area contributed by atoms with Crippen LogP contribution in [0.25, 0.3) is 10.9 Å². The Morgan fingerprint density at radius 1 is 1.00 bits per heavy atom. The van der Waals surface area contributed by atoms with Crippen LogP contribution in [0.5, 0.6) is 0 Å². The van der Waals surface area contributed by atoms with Gasteiger partial charge in [0.15, 0.2) is 0 Å². The maximum absolute atomic E-state index is 4.40. The summed E-state index contributed by atoms with van der Waals surface area (Å²) in [6.45, 7) is 2.99. The number of nitrogens with zero attached hydrogens (tertiary/aromatic N) is 1. The molecule has 0 fully saturated rings. The first-order valence-electron chi connectivity index (χ1n) is 7.02. The van der Waals surface area contributed by atoms with Crippen molar-refractivity contribution in [3.8, 4) is 0 Å². The zero-order valence-corrected chi connectivity index (χ0v) is 11.6. The maximum atomic E-state index is 4.40. The number of rotatable bonds is 4. The SMILES string of the molecule is CCc1cccc(NCc2ccnc3ccccc23)c1. The lowest BCUT2D eigenvalue weighted by Crippen LogP contribution is -2.01. The van der Waals surface area contributed by atoms with Gasteiger partial charge in [-0.05, 0) is 41.8 Å². The Morgan fingerprint density at radius 3 is 2.80 bits per heavy atom. The highest BCUT2D eigenvalue weighted by Crippen LogP contribution is 2.18. The van der Waals surface area contributed by atoms with Gasteiger partial charge in [0.25, 0.3) is 0 Å². The van der Waals surface area contributed by atoms with Gasteiger partial charge in [-0.25, -0.2) is 0 Å². The normalized spacial score (nSPS) is 10.7. The number of anilines is 1. The van der Waals surface area contributed by atoms with E-state index in [0.717, 1.165) is 18.5 Å². The summed E-state index contributed by atoms with van der Waals surface area (Å²) in [4.78, 5) is 4.40. The molecule has 0 atom stereocenters. The third-order valence-electron chi connectivity index (χ3n) is 3.56. The van der Waals surface area contributed by atoms with Gasteiger partial charge in [0, 0.05) is 23.8 Å². The fourth-order valence-electron chi connectivity index (χ4n) is 2.41. The molecule has 3 rings (SSSR count). The molecule has 3 aromatic rings. The van der Waals surface area contributed by atoms with Gasteiger partial charge in [0.2, 0.25) is 0 Å². The Bertz CT molecular complexity index is 714. The number of benzene rings is 2. The standard InChI is InChI=1S/C18H18N2/c1-2-14-6-5-7-16(12-14)20-13-15-10-11-19-18-9-4-3-8-17(15)18/h3-12,20H,2,13H2,1H3. The molecule has 0 amide bonds. The van der Waals surface area contributed by atoms with E-state index in [4.69, 9.17) is 0 Å². The van der Waals surface area contributed by atoms with Gasteiger partial charge in [-0.15, -0.1) is 0 Å². The van der Waals surface area contributed by atoms with E-state index >= 15 is 0 Å². The highest BCUT2D eigenvalue weighted by Gasteiger charge is 2.01. The average Bonchev–Trinajstić information content (AvgIpc) is 2.53. The van der Waals surface area contributed by atoms with Crippen LogP contribution in [0.4, 0.5) is 5.69 Å². The molecule has 0 aliphatic heterocycles. The first-order valence-corrected chi connectivity index (χ1v) is 7.02. The minimum Gasteiger partial charge on any atom is -0.381 e. The van der Waals surface area contributed by atoms with Crippen molar-refractivity contribution in [2.24, 2.45) is 0 Å². The quantitative estimate of drug-likeness (QED) is 0.753. The number of aryl methyl sites for hydroxylation is 1. The highest BCUT2D eigenvalue weighted by molar-refractivity contribution is 5.82. The molecule has 20 heavy (non-hydrogen) atoms. The van der Waals surface area contributed by atoms with Crippen LogP contribution in [0.2, 0.25) is 0 Å². The van der Waals surface area contributed by atoms with E-state index in [1.807, 2.05) is 12.3 Å². The zero-order valence-electron chi connectivity index (χ0n) is 11.6. The molecular formula is C18H18N2. The summed E-state index contributed by atoms with van der Waals surface area (Å²) in [5, 5.41) is 4.72. The van der Waals surface area contributed by atoms with Crippen molar-refractivity contribution in [3.63, 3.8) is 0 Å². The third kappa shape index (κ3) is 2.64. The smallest absolute Gasteiger partial charge is 0.0705 e. The molecule has 0 unspecified atom stereocenters. The van der Waals surface area contributed by atoms with E-state index < -0.39 is 0 Å². The van der Waals surface area contributed by atoms with Crippen LogP contribution < -0.4 is 5.32 Å². The molecule has 0 saturated carbocycles. The molecule has 0 aliphatic rings. The second kappa shape index (κ2) is 5.74. The number of aromatic nitrogens is 1. The van der Waals surface area contributed by atoms with Crippen LogP contribution in [0, 0.1) is 0 Å². The van der Waals surface area contributed by atoms with Crippen molar-refractivity contribution in [2.75, 3.05) is 5.32 Å². The summed E-state index contributed by atoms with van der Waals surface area (Å²) in [6.07, 6.45) is 2.94. The number of para-hydroxylation sites is 1. The van der Waals surface area contributed by atoms with Gasteiger partial charge in [-0.3, -0.25) is 4.98 Å². The third-order valence-corrected chi connectivity index (χ3v) is 3.56. The Hall–Kier alpha value is -2.35. The second-order valence-electron chi connectivity index (χ2n) is 4.89. The van der Waals surface area contributed by atoms with Gasteiger partial charge in [0.1, 0.15) is 0 Å². The summed E-state index contributed by atoms with van der Waals surface area (Å²) in [7, 11) is 0. The Kier molecular flexibility index (Phi) is 3.64. The van der Waals surface area contributed by atoms with Crippen molar-refractivity contribution in [3.05, 3.63) is 71.9 Å². The van der Waals surface area contributed by atoms with Crippen LogP contribution in [-0.2, 0) is 13.0 Å². The number of fused-ring (bicyclic) bond motifs is 1. The molecule has 0 bridgehead atoms. The van der Waals surface area contributed by atoms with E-state index in [1.165, 1.54) is 22.2 Å². The molecule has 0 spiro atoms. The van der Waals surface area contributed by atoms with Crippen molar-refractivity contribution < 1.29 is 0 Å². The largest absolute Gasteiger partial charge is 0.381 e. The molecule has 1 N–H and O–H groups in total.